The van der Waals surface area contributed by atoms with Crippen LogP contribution in [0.2, 0.25) is 0 Å². The van der Waals surface area contributed by atoms with Gasteiger partial charge < -0.3 is 19.6 Å². The van der Waals surface area contributed by atoms with Crippen molar-refractivity contribution in [2.75, 3.05) is 0 Å². The average Bonchev–Trinajstić information content (AvgIpc) is 3.14. The molecule has 2 aromatic rings. The third-order valence-corrected chi connectivity index (χ3v) is 9.01. The summed E-state index contributed by atoms with van der Waals surface area (Å²) in [5, 5.41) is 0.502. The summed E-state index contributed by atoms with van der Waals surface area (Å²) in [6.07, 6.45) is -0.963. The van der Waals surface area contributed by atoms with E-state index >= 15 is 0 Å². The Balaban J connectivity index is 0.00000256. The van der Waals surface area contributed by atoms with E-state index < -0.39 is 49.9 Å². The topological polar surface area (TPSA) is 157 Å². The van der Waals surface area contributed by atoms with Crippen LogP contribution in [0.25, 0.3) is 11.1 Å². The van der Waals surface area contributed by atoms with Crippen molar-refractivity contribution in [3.05, 3.63) is 59.9 Å². The number of rotatable bonds is 6. The van der Waals surface area contributed by atoms with E-state index in [-0.39, 0.29) is 108 Å². The molecule has 0 spiro atoms. The molecule has 0 amide bonds. The van der Waals surface area contributed by atoms with Gasteiger partial charge >= 0.3 is 118 Å². The number of carbonyl (C=O) groups is 1. The van der Waals surface area contributed by atoms with Crippen LogP contribution in [0.1, 0.15) is 24.8 Å². The Kier molecular flexibility index (Phi) is 11.5. The molecule has 0 radical (unpaired) electrons. The molecule has 0 aromatic heterocycles. The van der Waals surface area contributed by atoms with E-state index in [0.29, 0.717) is 11.1 Å². The van der Waals surface area contributed by atoms with Crippen molar-refractivity contribution in [3.63, 3.8) is 0 Å². The van der Waals surface area contributed by atoms with E-state index in [1.54, 1.807) is 35.8 Å². The normalized spacial score (nSPS) is 16.1. The second-order valence-corrected chi connectivity index (χ2v) is 11.0. The first-order valence-electron chi connectivity index (χ1n) is 8.71. The fourth-order valence-electron chi connectivity index (χ4n) is 3.17. The minimum absolute atomic E-state index is 0. The van der Waals surface area contributed by atoms with E-state index in [1.165, 1.54) is 25.1 Å². The van der Waals surface area contributed by atoms with Crippen molar-refractivity contribution < 1.29 is 37.9 Å². The number of Topliss-reactive ketones (excluding diaryl/α,β-unsaturated/α-hetero) is 1. The number of halogens is 1. The van der Waals surface area contributed by atoms with Crippen molar-refractivity contribution in [1.29, 1.82) is 0 Å². The average molecular weight is 537 g/mol. The van der Waals surface area contributed by atoms with Crippen molar-refractivity contribution in [3.8, 4) is 11.1 Å². The van der Waals surface area contributed by atoms with Crippen LogP contribution >= 0.6 is 15.2 Å². The van der Waals surface area contributed by atoms with Crippen molar-refractivity contribution in [2.45, 2.75) is 24.3 Å². The molecule has 1 heterocycles. The first-order valence-corrected chi connectivity index (χ1v) is 11.9. The molecule has 5 N–H and O–H groups in total. The number of carbonyl (C=O) groups excluding carboxylic acids is 1. The molecule has 0 aliphatic carbocycles. The molecule has 2 aromatic carbocycles. The van der Waals surface area contributed by atoms with Crippen LogP contribution < -0.4 is 5.43 Å². The molecule has 32 heavy (non-hydrogen) atoms. The monoisotopic (exact) mass is 536 g/mol. The Labute approximate surface area is 268 Å². The summed E-state index contributed by atoms with van der Waals surface area (Å²) in [5.74, 6) is -2.27. The van der Waals surface area contributed by atoms with E-state index in [0.717, 1.165) is 0 Å². The molecule has 3 rings (SSSR count). The summed E-state index contributed by atoms with van der Waals surface area (Å²) in [5.41, 5.74) is 2.62. The molecule has 1 atom stereocenters. The second kappa shape index (κ2) is 11.9. The molecular weight excluding hydrogens is 515 g/mol. The van der Waals surface area contributed by atoms with Gasteiger partial charge in [0.05, 0.1) is 0 Å². The van der Waals surface area contributed by atoms with E-state index in [1.807, 2.05) is 0 Å². The molecular formula is C18H21FK2N2O7P2. The number of hydrogen-bond donors (Lipinski definition) is 5. The van der Waals surface area contributed by atoms with Gasteiger partial charge in [-0.05, 0) is 17.2 Å². The Hall–Kier alpha value is 1.08. The summed E-state index contributed by atoms with van der Waals surface area (Å²) in [6.45, 7) is 1.44. The Morgan fingerprint density at radius 2 is 1.62 bits per heavy atom. The zero-order valence-electron chi connectivity index (χ0n) is 15.6. The van der Waals surface area contributed by atoms with Gasteiger partial charge in [0.25, 0.3) is 5.02 Å². The van der Waals surface area contributed by atoms with Gasteiger partial charge in [0.15, 0.2) is 5.78 Å². The molecule has 1 aliphatic rings. The van der Waals surface area contributed by atoms with Gasteiger partial charge in [0, 0.05) is 17.9 Å². The van der Waals surface area contributed by atoms with Crippen LogP contribution in [0, 0.1) is 5.82 Å². The molecule has 9 nitrogen and oxygen atoms in total. The van der Waals surface area contributed by atoms with Gasteiger partial charge in [0.2, 0.25) is 0 Å². The van der Waals surface area contributed by atoms with Gasteiger partial charge in [0.1, 0.15) is 11.5 Å². The van der Waals surface area contributed by atoms with Crippen LogP contribution in [0.15, 0.2) is 53.6 Å². The number of hydrogen-bond acceptors (Lipinski definition) is 5. The predicted octanol–water partition coefficient (Wildman–Crippen LogP) is 1.23. The molecule has 1 aliphatic heterocycles. The summed E-state index contributed by atoms with van der Waals surface area (Å²) in [4.78, 5) is 50.6. The maximum atomic E-state index is 14.6. The summed E-state index contributed by atoms with van der Waals surface area (Å²) >= 11 is 0. The number of nitrogens with zero attached hydrogens (tertiary/aromatic N) is 1. The SMILES string of the molecule is CC(C(=O)C1=NNC(P(=O)(O)O)(P(=O)(O)O)C1)c1ccc(-c2ccccc2)c(F)c1.[KH].[KH]. The van der Waals surface area contributed by atoms with E-state index in [4.69, 9.17) is 0 Å². The second-order valence-electron chi connectivity index (χ2n) is 6.94. The molecule has 0 fully saturated rings. The zero-order valence-corrected chi connectivity index (χ0v) is 17.4. The summed E-state index contributed by atoms with van der Waals surface area (Å²) in [7, 11) is -10.8. The van der Waals surface area contributed by atoms with Crippen molar-refractivity contribution in [1.82, 2.24) is 5.43 Å². The van der Waals surface area contributed by atoms with Gasteiger partial charge in [-0.15, -0.1) is 0 Å². The van der Waals surface area contributed by atoms with E-state index in [9.17, 15) is 37.9 Å². The standard InChI is InChI=1S/C18H19FN2O7P2.2K.2H/c1-11(13-7-8-14(15(19)9-13)12-5-3-2-4-6-12)17(22)16-10-18(21-20-16,29(23,24)25)30(26,27)28;;;;/h2-9,11,21H,10H2,1H3,(H2,23,24,25)(H2,26,27,28);;;;. The van der Waals surface area contributed by atoms with E-state index in [2.05, 4.69) is 5.10 Å². The molecule has 1 unspecified atom stereocenters. The molecule has 164 valence electrons. The number of nitrogens with one attached hydrogen (secondary N) is 1. The summed E-state index contributed by atoms with van der Waals surface area (Å²) in [6, 6.07) is 13.0. The van der Waals surface area contributed by atoms with Gasteiger partial charge in [-0.25, -0.2) is 4.39 Å². The third-order valence-electron chi connectivity index (χ3n) is 5.00. The summed E-state index contributed by atoms with van der Waals surface area (Å²) < 4.78 is 38.1. The fraction of sp³-hybridized carbons (Fsp3) is 0.222. The molecule has 0 saturated heterocycles. The van der Waals surface area contributed by atoms with Gasteiger partial charge in [-0.1, -0.05) is 49.4 Å². The zero-order chi connectivity index (χ0) is 22.3. The number of hydrazone groups is 1. The maximum absolute atomic E-state index is 14.6. The van der Waals surface area contributed by atoms with Crippen LogP contribution in [0.3, 0.4) is 0 Å². The quantitative estimate of drug-likeness (QED) is 0.273. The molecule has 14 heteroatoms. The molecule has 0 saturated carbocycles. The van der Waals surface area contributed by atoms with Crippen LogP contribution in [-0.4, -0.2) is 139 Å². The number of benzene rings is 2. The van der Waals surface area contributed by atoms with Crippen molar-refractivity contribution >= 4 is 129 Å². The van der Waals surface area contributed by atoms with Gasteiger partial charge in [-0.3, -0.25) is 19.4 Å². The third kappa shape index (κ3) is 6.25. The Morgan fingerprint density at radius 1 is 1.06 bits per heavy atom. The molecule has 0 bridgehead atoms. The number of ketones is 1. The Bertz CT molecular complexity index is 1100. The van der Waals surface area contributed by atoms with Crippen LogP contribution in [0.4, 0.5) is 4.39 Å². The van der Waals surface area contributed by atoms with Crippen LogP contribution in [-0.2, 0) is 13.9 Å². The first kappa shape index (κ1) is 31.1. The predicted molar refractivity (Wildman–Crippen MR) is 122 cm³/mol. The van der Waals surface area contributed by atoms with Gasteiger partial charge in [-0.2, -0.15) is 5.10 Å². The van der Waals surface area contributed by atoms with Crippen molar-refractivity contribution in [2.24, 2.45) is 5.10 Å². The Morgan fingerprint density at radius 3 is 2.09 bits per heavy atom. The first-order chi connectivity index (χ1) is 13.9. The van der Waals surface area contributed by atoms with Crippen LogP contribution in [0.5, 0.6) is 0 Å². The fourth-order valence-corrected chi connectivity index (χ4v) is 5.60. The minimum atomic E-state index is -5.39.